The van der Waals surface area contributed by atoms with Crippen LogP contribution in [-0.2, 0) is 0 Å². The van der Waals surface area contributed by atoms with E-state index in [-0.39, 0.29) is 5.92 Å². The van der Waals surface area contributed by atoms with Gasteiger partial charge in [0.05, 0.1) is 0 Å². The Morgan fingerprint density at radius 2 is 0.800 bits per heavy atom. The molecule has 3 rings (SSSR count). The van der Waals surface area contributed by atoms with Gasteiger partial charge in [-0.05, 0) is 72.4 Å². The van der Waals surface area contributed by atoms with Gasteiger partial charge in [0, 0.05) is 19.3 Å². The van der Waals surface area contributed by atoms with E-state index in [0.717, 1.165) is 13.4 Å². The molecule has 0 fully saturated rings. The Kier molecular flexibility index (Phi) is 5.87. The zero-order chi connectivity index (χ0) is 18.1. The van der Waals surface area contributed by atoms with Crippen LogP contribution < -0.4 is 0 Å². The maximum atomic E-state index is 3.79. The molecule has 0 saturated heterocycles. The van der Waals surface area contributed by atoms with Crippen LogP contribution in [0.1, 0.15) is 39.3 Å². The largest absolute Gasteiger partial charge is 0.0589 e. The van der Waals surface area contributed by atoms with Crippen molar-refractivity contribution in [1.82, 2.24) is 0 Å². The minimum Gasteiger partial charge on any atom is -0.0589 e. The van der Waals surface area contributed by atoms with Gasteiger partial charge in [-0.15, -0.1) is 0 Å². The van der Waals surface area contributed by atoms with Crippen molar-refractivity contribution in [3.63, 3.8) is 0 Å². The van der Waals surface area contributed by atoms with Crippen molar-refractivity contribution in [3.05, 3.63) is 101 Å². The Bertz CT molecular complexity index is 806. The molecule has 128 valence electrons. The highest BCUT2D eigenvalue weighted by atomic mass is 79.9. The average molecular weight is 523 g/mol. The van der Waals surface area contributed by atoms with Gasteiger partial charge in [-0.2, -0.15) is 0 Å². The molecule has 25 heavy (non-hydrogen) atoms. The summed E-state index contributed by atoms with van der Waals surface area (Å²) in [6, 6.07) is 19.8. The Hall–Kier alpha value is -0.900. The minimum atomic E-state index is 0.139. The van der Waals surface area contributed by atoms with E-state index < -0.39 is 0 Å². The van der Waals surface area contributed by atoms with Gasteiger partial charge >= 0.3 is 0 Å². The molecule has 0 spiro atoms. The van der Waals surface area contributed by atoms with Crippen LogP contribution in [-0.4, -0.2) is 0 Å². The summed E-state index contributed by atoms with van der Waals surface area (Å²) in [6.07, 6.45) is 0. The molecule has 0 radical (unpaired) electrons. The second-order valence-corrected chi connectivity index (χ2v) is 9.07. The molecule has 3 heteroatoms. The van der Waals surface area contributed by atoms with Crippen molar-refractivity contribution in [2.75, 3.05) is 0 Å². The number of benzene rings is 3. The van der Waals surface area contributed by atoms with Crippen LogP contribution >= 0.6 is 47.8 Å². The van der Waals surface area contributed by atoms with Gasteiger partial charge in [0.15, 0.2) is 0 Å². The van der Waals surface area contributed by atoms with Gasteiger partial charge in [-0.1, -0.05) is 84.2 Å². The fourth-order valence-electron chi connectivity index (χ4n) is 3.10. The van der Waals surface area contributed by atoms with Crippen molar-refractivity contribution >= 4 is 47.8 Å². The van der Waals surface area contributed by atoms with Crippen molar-refractivity contribution in [2.24, 2.45) is 0 Å². The van der Waals surface area contributed by atoms with Crippen molar-refractivity contribution in [2.45, 2.75) is 26.7 Å². The van der Waals surface area contributed by atoms with E-state index in [1.54, 1.807) is 0 Å². The third kappa shape index (κ3) is 4.10. The highest BCUT2D eigenvalue weighted by Gasteiger charge is 2.23. The highest BCUT2D eigenvalue weighted by molar-refractivity contribution is 9.11. The molecule has 0 bridgehead atoms. The first-order valence-electron chi connectivity index (χ1n) is 8.15. The first-order chi connectivity index (χ1) is 11.9. The third-order valence-electron chi connectivity index (χ3n) is 4.40. The lowest BCUT2D eigenvalue weighted by Gasteiger charge is -2.23. The van der Waals surface area contributed by atoms with E-state index in [1.807, 2.05) is 0 Å². The van der Waals surface area contributed by atoms with E-state index >= 15 is 0 Å². The van der Waals surface area contributed by atoms with Crippen molar-refractivity contribution in [1.29, 1.82) is 0 Å². The summed E-state index contributed by atoms with van der Waals surface area (Å²) in [5, 5.41) is 0. The van der Waals surface area contributed by atoms with Crippen LogP contribution in [0, 0.1) is 20.8 Å². The summed E-state index contributed by atoms with van der Waals surface area (Å²) in [6.45, 7) is 6.35. The molecule has 0 aromatic heterocycles. The topological polar surface area (TPSA) is 0 Å². The fourth-order valence-corrected chi connectivity index (χ4v) is 5.27. The smallest absolute Gasteiger partial charge is 0.0373 e. The lowest BCUT2D eigenvalue weighted by atomic mass is 9.84. The Morgan fingerprint density at radius 1 is 0.520 bits per heavy atom. The highest BCUT2D eigenvalue weighted by Crippen LogP contribution is 2.42. The van der Waals surface area contributed by atoms with E-state index in [9.17, 15) is 0 Å². The molecule has 0 amide bonds. The molecule has 0 aliphatic carbocycles. The predicted octanol–water partition coefficient (Wildman–Crippen LogP) is 8.08. The maximum absolute atomic E-state index is 3.79. The monoisotopic (exact) mass is 520 g/mol. The van der Waals surface area contributed by atoms with Gasteiger partial charge in [0.25, 0.3) is 0 Å². The van der Waals surface area contributed by atoms with Gasteiger partial charge in [-0.3, -0.25) is 0 Å². The molecule has 0 atom stereocenters. The molecular formula is C22H19Br3. The molecule has 0 heterocycles. The number of hydrogen-bond acceptors (Lipinski definition) is 0. The molecule has 0 unspecified atom stereocenters. The minimum absolute atomic E-state index is 0.139. The van der Waals surface area contributed by atoms with Crippen LogP contribution in [0.15, 0.2) is 68.0 Å². The van der Waals surface area contributed by atoms with Crippen LogP contribution in [0.5, 0.6) is 0 Å². The van der Waals surface area contributed by atoms with Crippen LogP contribution in [0.4, 0.5) is 0 Å². The predicted molar refractivity (Wildman–Crippen MR) is 118 cm³/mol. The summed E-state index contributed by atoms with van der Waals surface area (Å²) in [5.74, 6) is 0.139. The van der Waals surface area contributed by atoms with E-state index in [2.05, 4.69) is 123 Å². The zero-order valence-corrected chi connectivity index (χ0v) is 19.2. The van der Waals surface area contributed by atoms with Gasteiger partial charge in [0.2, 0.25) is 0 Å². The van der Waals surface area contributed by atoms with E-state index in [1.165, 1.54) is 33.4 Å². The Balaban J connectivity index is 2.27. The van der Waals surface area contributed by atoms with Crippen molar-refractivity contribution < 1.29 is 0 Å². The SMILES string of the molecule is Cc1ccc(C(c2ccc(C)cc2Br)c2ccc(C)cc2Br)c(Br)c1. The van der Waals surface area contributed by atoms with Crippen LogP contribution in [0.2, 0.25) is 0 Å². The molecule has 0 nitrogen and oxygen atoms in total. The standard InChI is InChI=1S/C22H19Br3/c1-13-4-7-16(19(23)10-13)22(17-8-5-14(2)11-20(17)24)18-9-6-15(3)12-21(18)25/h4-12,22H,1-3H3. The summed E-state index contributed by atoms with van der Waals surface area (Å²) in [7, 11) is 0. The second-order valence-electron chi connectivity index (χ2n) is 6.51. The molecule has 0 aliphatic heterocycles. The first kappa shape index (κ1) is 18.9. The molecule has 0 aliphatic rings. The van der Waals surface area contributed by atoms with Crippen molar-refractivity contribution in [3.8, 4) is 0 Å². The Morgan fingerprint density at radius 3 is 1.04 bits per heavy atom. The number of halogens is 3. The second kappa shape index (κ2) is 7.77. The normalized spacial score (nSPS) is 11.2. The average Bonchev–Trinajstić information content (AvgIpc) is 2.52. The lowest BCUT2D eigenvalue weighted by Crippen LogP contribution is -2.07. The molecule has 3 aromatic rings. The van der Waals surface area contributed by atoms with E-state index in [4.69, 9.17) is 0 Å². The summed E-state index contributed by atoms with van der Waals surface area (Å²) in [4.78, 5) is 0. The van der Waals surface area contributed by atoms with Crippen LogP contribution in [0.25, 0.3) is 0 Å². The molecular weight excluding hydrogens is 504 g/mol. The zero-order valence-electron chi connectivity index (χ0n) is 14.4. The summed E-state index contributed by atoms with van der Waals surface area (Å²) >= 11 is 11.4. The first-order valence-corrected chi connectivity index (χ1v) is 10.5. The molecule has 0 N–H and O–H groups in total. The number of hydrogen-bond donors (Lipinski definition) is 0. The summed E-state index contributed by atoms with van der Waals surface area (Å²) in [5.41, 5.74) is 7.54. The summed E-state index contributed by atoms with van der Waals surface area (Å²) < 4.78 is 3.41. The molecule has 3 aromatic carbocycles. The number of rotatable bonds is 3. The van der Waals surface area contributed by atoms with Gasteiger partial charge < -0.3 is 0 Å². The van der Waals surface area contributed by atoms with Crippen LogP contribution in [0.3, 0.4) is 0 Å². The third-order valence-corrected chi connectivity index (χ3v) is 6.46. The number of aryl methyl sites for hydroxylation is 3. The Labute approximate surface area is 175 Å². The quantitative estimate of drug-likeness (QED) is 0.305. The molecule has 0 saturated carbocycles. The van der Waals surface area contributed by atoms with Gasteiger partial charge in [0.1, 0.15) is 0 Å². The van der Waals surface area contributed by atoms with Gasteiger partial charge in [-0.25, -0.2) is 0 Å². The lowest BCUT2D eigenvalue weighted by molar-refractivity contribution is 0.951. The van der Waals surface area contributed by atoms with E-state index in [0.29, 0.717) is 0 Å². The fraction of sp³-hybridized carbons (Fsp3) is 0.182. The maximum Gasteiger partial charge on any atom is 0.0373 e.